The number of H-pyrrole nitrogens is 3. The fourth-order valence-electron chi connectivity index (χ4n) is 5.89. The lowest BCUT2D eigenvalue weighted by Gasteiger charge is -2.21. The van der Waals surface area contributed by atoms with Crippen LogP contribution in [0.25, 0.3) is 0 Å². The second kappa shape index (κ2) is 13.1. The number of carbonyl (C=O) groups is 2. The van der Waals surface area contributed by atoms with Gasteiger partial charge in [0.2, 0.25) is 0 Å². The van der Waals surface area contributed by atoms with Crippen LogP contribution in [0.3, 0.4) is 0 Å². The maximum absolute atomic E-state index is 12.5. The summed E-state index contributed by atoms with van der Waals surface area (Å²) in [6, 6.07) is 4.35. The van der Waals surface area contributed by atoms with E-state index >= 15 is 0 Å². The smallest absolute Gasteiger partial charge is 0.161 e. The zero-order valence-corrected chi connectivity index (χ0v) is 26.6. The Labute approximate surface area is 242 Å². The standard InChI is InChI=1S/C32H43N3O2S2/c1-11-13-25(38-9)29(31-17(3)27(21(7)36)19(5)33-31)23-15-16-24(35-23)30(26(39-10)14-12-2)32-18(4)28(22(8)37)20(6)34-32/h13-16,29-30,33-35H,11-12H2,1-10H3/b25-13-,26-14-. The van der Waals surface area contributed by atoms with Crippen molar-refractivity contribution < 1.29 is 9.59 Å². The summed E-state index contributed by atoms with van der Waals surface area (Å²) in [7, 11) is 0. The average Bonchev–Trinajstić information content (AvgIpc) is 3.54. The van der Waals surface area contributed by atoms with Crippen LogP contribution in [-0.2, 0) is 0 Å². The molecular weight excluding hydrogens is 523 g/mol. The number of hydrogen-bond donors (Lipinski definition) is 3. The number of thioether (sulfide) groups is 2. The quantitative estimate of drug-likeness (QED) is 0.192. The third-order valence-electron chi connectivity index (χ3n) is 7.44. The van der Waals surface area contributed by atoms with Gasteiger partial charge < -0.3 is 15.0 Å². The molecule has 0 aliphatic heterocycles. The van der Waals surface area contributed by atoms with E-state index in [4.69, 9.17) is 0 Å². The van der Waals surface area contributed by atoms with Crippen LogP contribution in [-0.4, -0.2) is 39.0 Å². The Morgan fingerprint density at radius 2 is 1.08 bits per heavy atom. The van der Waals surface area contributed by atoms with Crippen molar-refractivity contribution in [2.24, 2.45) is 0 Å². The molecule has 0 aromatic carbocycles. The van der Waals surface area contributed by atoms with Gasteiger partial charge in [-0.3, -0.25) is 9.59 Å². The summed E-state index contributed by atoms with van der Waals surface area (Å²) in [6.45, 7) is 15.6. The number of carbonyl (C=O) groups excluding carboxylic acids is 2. The number of ketones is 2. The molecule has 0 spiro atoms. The summed E-state index contributed by atoms with van der Waals surface area (Å²) in [4.78, 5) is 38.4. The van der Waals surface area contributed by atoms with Crippen LogP contribution in [0.2, 0.25) is 0 Å². The van der Waals surface area contributed by atoms with E-state index in [2.05, 4.69) is 65.6 Å². The van der Waals surface area contributed by atoms with Gasteiger partial charge in [-0.1, -0.05) is 26.0 Å². The summed E-state index contributed by atoms with van der Waals surface area (Å²) in [5.41, 5.74) is 9.65. The number of hydrogen-bond acceptors (Lipinski definition) is 4. The first-order chi connectivity index (χ1) is 18.5. The monoisotopic (exact) mass is 565 g/mol. The largest absolute Gasteiger partial charge is 0.361 e. The van der Waals surface area contributed by atoms with Gasteiger partial charge in [0.1, 0.15) is 0 Å². The molecule has 3 rings (SSSR count). The van der Waals surface area contributed by atoms with E-state index in [1.807, 2.05) is 27.7 Å². The van der Waals surface area contributed by atoms with Crippen molar-refractivity contribution in [3.05, 3.63) is 90.5 Å². The third kappa shape index (κ3) is 6.09. The molecule has 3 aromatic rings. The van der Waals surface area contributed by atoms with E-state index in [1.54, 1.807) is 37.4 Å². The number of nitrogens with one attached hydrogen (secondary N) is 3. The lowest BCUT2D eigenvalue weighted by atomic mass is 9.95. The molecule has 2 atom stereocenters. The maximum atomic E-state index is 12.5. The van der Waals surface area contributed by atoms with Crippen LogP contribution < -0.4 is 0 Å². The number of aromatic nitrogens is 3. The number of aryl methyl sites for hydroxylation is 2. The molecule has 0 amide bonds. The van der Waals surface area contributed by atoms with Crippen LogP contribution >= 0.6 is 23.5 Å². The molecular formula is C32H43N3O2S2. The number of rotatable bonds is 12. The highest BCUT2D eigenvalue weighted by Gasteiger charge is 2.30. The molecule has 5 nitrogen and oxygen atoms in total. The third-order valence-corrected chi connectivity index (χ3v) is 9.19. The zero-order valence-electron chi connectivity index (χ0n) is 25.0. The average molecular weight is 566 g/mol. The summed E-state index contributed by atoms with van der Waals surface area (Å²) in [5, 5.41) is 0. The van der Waals surface area contributed by atoms with Crippen molar-refractivity contribution in [1.29, 1.82) is 0 Å². The number of aromatic amines is 3. The summed E-state index contributed by atoms with van der Waals surface area (Å²) < 4.78 is 0. The Morgan fingerprint density at radius 3 is 1.33 bits per heavy atom. The van der Waals surface area contributed by atoms with Gasteiger partial charge >= 0.3 is 0 Å². The number of Topliss-reactive ketones (excluding diaryl/α,β-unsaturated/α-hetero) is 2. The molecule has 3 N–H and O–H groups in total. The molecule has 3 aromatic heterocycles. The van der Waals surface area contributed by atoms with E-state index in [1.165, 1.54) is 9.81 Å². The molecule has 39 heavy (non-hydrogen) atoms. The van der Waals surface area contributed by atoms with Gasteiger partial charge in [-0.2, -0.15) is 0 Å². The second-order valence-electron chi connectivity index (χ2n) is 10.1. The predicted molar refractivity (Wildman–Crippen MR) is 169 cm³/mol. The van der Waals surface area contributed by atoms with E-state index in [0.717, 1.165) is 69.3 Å². The van der Waals surface area contributed by atoms with E-state index in [0.29, 0.717) is 0 Å². The van der Waals surface area contributed by atoms with Crippen molar-refractivity contribution in [2.75, 3.05) is 12.5 Å². The Kier molecular flexibility index (Phi) is 10.4. The van der Waals surface area contributed by atoms with Gasteiger partial charge in [0.05, 0.1) is 11.8 Å². The van der Waals surface area contributed by atoms with Gasteiger partial charge in [0, 0.05) is 45.3 Å². The molecule has 210 valence electrons. The van der Waals surface area contributed by atoms with Crippen molar-refractivity contribution in [2.45, 2.75) is 80.1 Å². The van der Waals surface area contributed by atoms with Gasteiger partial charge in [-0.15, -0.1) is 23.5 Å². The van der Waals surface area contributed by atoms with Crippen LogP contribution in [0.15, 0.2) is 34.1 Å². The first-order valence-electron chi connectivity index (χ1n) is 13.6. The van der Waals surface area contributed by atoms with Gasteiger partial charge in [0.15, 0.2) is 11.6 Å². The Hall–Kier alpha value is -2.64. The van der Waals surface area contributed by atoms with Crippen LogP contribution in [0.5, 0.6) is 0 Å². The summed E-state index contributed by atoms with van der Waals surface area (Å²) >= 11 is 3.49. The molecule has 0 radical (unpaired) electrons. The molecule has 0 bridgehead atoms. The van der Waals surface area contributed by atoms with E-state index in [9.17, 15) is 9.59 Å². The molecule has 0 fully saturated rings. The summed E-state index contributed by atoms with van der Waals surface area (Å²) in [5.74, 6) is 0.0651. The van der Waals surface area contributed by atoms with Gasteiger partial charge in [0.25, 0.3) is 0 Å². The molecule has 0 aliphatic carbocycles. The van der Waals surface area contributed by atoms with Crippen LogP contribution in [0, 0.1) is 27.7 Å². The fourth-order valence-corrected chi connectivity index (χ4v) is 7.52. The minimum absolute atomic E-state index is 0.0479. The molecule has 0 saturated heterocycles. The molecule has 0 saturated carbocycles. The number of allylic oxidation sites excluding steroid dienone is 4. The first kappa shape index (κ1) is 30.9. The Balaban J connectivity index is 2.27. The molecule has 3 heterocycles. The predicted octanol–water partition coefficient (Wildman–Crippen LogP) is 8.89. The SMILES string of the molecule is CC/C=C(\SC)C(c1ccc(C(/C(=C/CC)SC)c2[nH]c(C)c(C(C)=O)c2C)[nH]1)c1[nH]c(C)c(C(C)=O)c1C. The van der Waals surface area contributed by atoms with Crippen molar-refractivity contribution in [1.82, 2.24) is 15.0 Å². The van der Waals surface area contributed by atoms with E-state index in [-0.39, 0.29) is 23.4 Å². The van der Waals surface area contributed by atoms with Crippen molar-refractivity contribution in [3.8, 4) is 0 Å². The lowest BCUT2D eigenvalue weighted by Crippen LogP contribution is -2.09. The Bertz CT molecular complexity index is 1310. The summed E-state index contributed by atoms with van der Waals surface area (Å²) in [6.07, 6.45) is 10.6. The minimum atomic E-state index is -0.0479. The lowest BCUT2D eigenvalue weighted by molar-refractivity contribution is 0.100. The molecule has 7 heteroatoms. The van der Waals surface area contributed by atoms with Gasteiger partial charge in [-0.25, -0.2) is 0 Å². The van der Waals surface area contributed by atoms with Crippen molar-refractivity contribution in [3.63, 3.8) is 0 Å². The second-order valence-corrected chi connectivity index (χ2v) is 11.9. The van der Waals surface area contributed by atoms with Crippen LogP contribution in [0.1, 0.15) is 118 Å². The Morgan fingerprint density at radius 1 is 0.718 bits per heavy atom. The molecule has 2 unspecified atom stereocenters. The molecule has 0 aliphatic rings. The highest BCUT2D eigenvalue weighted by Crippen LogP contribution is 2.43. The van der Waals surface area contributed by atoms with Gasteiger partial charge in [-0.05, 0) is 100.0 Å². The maximum Gasteiger partial charge on any atom is 0.161 e. The highest BCUT2D eigenvalue weighted by atomic mass is 32.2. The first-order valence-corrected chi connectivity index (χ1v) is 16.0. The van der Waals surface area contributed by atoms with Crippen molar-refractivity contribution >= 4 is 35.1 Å². The zero-order chi connectivity index (χ0) is 29.0. The topological polar surface area (TPSA) is 81.5 Å². The highest BCUT2D eigenvalue weighted by molar-refractivity contribution is 8.02. The van der Waals surface area contributed by atoms with E-state index < -0.39 is 0 Å². The minimum Gasteiger partial charge on any atom is -0.361 e. The van der Waals surface area contributed by atoms with Crippen LogP contribution in [0.4, 0.5) is 0 Å². The normalized spacial score (nSPS) is 14.1. The fraction of sp³-hybridized carbons (Fsp3) is 0.438.